The molecule has 0 aliphatic rings. The van der Waals surface area contributed by atoms with Crippen molar-refractivity contribution in [1.29, 1.82) is 0 Å². The first kappa shape index (κ1) is 26.9. The lowest BCUT2D eigenvalue weighted by Gasteiger charge is -1.99. The normalized spacial score (nSPS) is 10.4. The van der Waals surface area contributed by atoms with E-state index in [1.165, 1.54) is 77.7 Å². The van der Waals surface area contributed by atoms with Gasteiger partial charge in [-0.25, -0.2) is 0 Å². The minimum atomic E-state index is -0.664. The minimum absolute atomic E-state index is 0.0312. The number of aliphatic carboxylic acids is 1. The molecule has 0 aromatic heterocycles. The number of carboxylic acids is 1. The van der Waals surface area contributed by atoms with Gasteiger partial charge in [0.2, 0.25) is 0 Å². The van der Waals surface area contributed by atoms with Crippen molar-refractivity contribution in [2.75, 3.05) is 13.7 Å². The predicted molar refractivity (Wildman–Crippen MR) is 108 cm³/mol. The molecule has 0 bridgehead atoms. The van der Waals surface area contributed by atoms with Gasteiger partial charge in [-0.05, 0) is 32.1 Å². The molecular weight excluding hydrogens is 330 g/mol. The Morgan fingerprint density at radius 2 is 1.31 bits per heavy atom. The van der Waals surface area contributed by atoms with E-state index in [0.29, 0.717) is 6.42 Å². The maximum Gasteiger partial charge on any atom is 0.319 e. The summed E-state index contributed by atoms with van der Waals surface area (Å²) in [4.78, 5) is 20.2. The second-order valence-corrected chi connectivity index (χ2v) is 6.51. The number of methoxy groups -OCH3 is 1. The lowest BCUT2D eigenvalue weighted by Crippen LogP contribution is -2.14. The van der Waals surface area contributed by atoms with Gasteiger partial charge in [-0.15, -0.1) is 0 Å². The van der Waals surface area contributed by atoms with Crippen LogP contribution in [0.1, 0.15) is 96.8 Å². The summed E-state index contributed by atoms with van der Waals surface area (Å²) in [5.74, 6) is -1.04. The zero-order chi connectivity index (χ0) is 19.9. The molecule has 0 heterocycles. The van der Waals surface area contributed by atoms with Gasteiger partial charge in [0.25, 0.3) is 0 Å². The molecule has 5 nitrogen and oxygen atoms in total. The molecule has 0 saturated heterocycles. The summed E-state index contributed by atoms with van der Waals surface area (Å²) in [6.07, 6.45) is 21.2. The molecule has 0 rings (SSSR count). The molecule has 0 aliphatic heterocycles. The van der Waals surface area contributed by atoms with E-state index in [-0.39, 0.29) is 12.5 Å². The average molecular weight is 372 g/mol. The number of rotatable bonds is 16. The zero-order valence-electron chi connectivity index (χ0n) is 17.0. The fraction of sp³-hybridized carbons (Fsp3) is 0.810. The van der Waals surface area contributed by atoms with Crippen LogP contribution in [0.25, 0.3) is 0 Å². The molecule has 26 heavy (non-hydrogen) atoms. The quantitative estimate of drug-likeness (QED) is 0.220. The topological polar surface area (TPSA) is 89.6 Å². The number of allylic oxidation sites excluding steroid dienone is 2. The summed E-state index contributed by atoms with van der Waals surface area (Å²) in [5.41, 5.74) is 4.81. The minimum Gasteiger partial charge on any atom is -0.481 e. The highest BCUT2D eigenvalue weighted by molar-refractivity contribution is 5.71. The second kappa shape index (κ2) is 23.6. The van der Waals surface area contributed by atoms with E-state index in [9.17, 15) is 9.59 Å². The Labute approximate surface area is 160 Å². The molecule has 0 aliphatic carbocycles. The highest BCUT2D eigenvalue weighted by atomic mass is 16.5. The molecular formula is C21H41NO4. The van der Waals surface area contributed by atoms with Crippen molar-refractivity contribution in [3.63, 3.8) is 0 Å². The highest BCUT2D eigenvalue weighted by Gasteiger charge is 1.95. The SMILES string of the molecule is CCCCCCCC/C=C\CCCCCCCC(=O)O.COC(=O)CN. The van der Waals surface area contributed by atoms with Crippen molar-refractivity contribution in [3.8, 4) is 0 Å². The lowest BCUT2D eigenvalue weighted by molar-refractivity contribution is -0.139. The second-order valence-electron chi connectivity index (χ2n) is 6.51. The Hall–Kier alpha value is -1.36. The van der Waals surface area contributed by atoms with Crippen LogP contribution in [0, 0.1) is 0 Å². The highest BCUT2D eigenvalue weighted by Crippen LogP contribution is 2.09. The first-order valence-electron chi connectivity index (χ1n) is 10.2. The van der Waals surface area contributed by atoms with E-state index in [1.54, 1.807) is 0 Å². The predicted octanol–water partition coefficient (Wildman–Crippen LogP) is 5.23. The number of esters is 1. The van der Waals surface area contributed by atoms with E-state index in [0.717, 1.165) is 12.8 Å². The number of hydrogen-bond acceptors (Lipinski definition) is 4. The van der Waals surface area contributed by atoms with E-state index in [4.69, 9.17) is 10.8 Å². The molecule has 0 amide bonds. The zero-order valence-corrected chi connectivity index (χ0v) is 17.0. The van der Waals surface area contributed by atoms with Crippen LogP contribution in [-0.4, -0.2) is 30.7 Å². The summed E-state index contributed by atoms with van der Waals surface area (Å²) in [6, 6.07) is 0. The molecule has 154 valence electrons. The summed E-state index contributed by atoms with van der Waals surface area (Å²) in [7, 11) is 1.30. The van der Waals surface area contributed by atoms with E-state index in [1.807, 2.05) is 0 Å². The van der Waals surface area contributed by atoms with Gasteiger partial charge in [-0.3, -0.25) is 9.59 Å². The van der Waals surface area contributed by atoms with Crippen molar-refractivity contribution in [2.45, 2.75) is 96.8 Å². The van der Waals surface area contributed by atoms with Gasteiger partial charge >= 0.3 is 11.9 Å². The van der Waals surface area contributed by atoms with Crippen LogP contribution >= 0.6 is 0 Å². The van der Waals surface area contributed by atoms with Crippen molar-refractivity contribution < 1.29 is 19.4 Å². The van der Waals surface area contributed by atoms with Gasteiger partial charge in [0, 0.05) is 6.42 Å². The number of ether oxygens (including phenoxy) is 1. The Bertz CT molecular complexity index is 337. The summed E-state index contributed by atoms with van der Waals surface area (Å²) in [6.45, 7) is 2.23. The number of nitrogens with two attached hydrogens (primary N) is 1. The van der Waals surface area contributed by atoms with Crippen LogP contribution in [0.5, 0.6) is 0 Å². The fourth-order valence-corrected chi connectivity index (χ4v) is 2.43. The molecule has 0 aromatic carbocycles. The molecule has 3 N–H and O–H groups in total. The summed E-state index contributed by atoms with van der Waals surface area (Å²) >= 11 is 0. The average Bonchev–Trinajstić information content (AvgIpc) is 2.64. The monoisotopic (exact) mass is 371 g/mol. The Balaban J connectivity index is 0. The first-order chi connectivity index (χ1) is 12.6. The molecule has 5 heteroatoms. The maximum absolute atomic E-state index is 10.3. The fourth-order valence-electron chi connectivity index (χ4n) is 2.43. The lowest BCUT2D eigenvalue weighted by atomic mass is 10.1. The molecule has 0 atom stereocenters. The standard InChI is InChI=1S/C18H34O2.C3H7NO2/c1-2-3-4-5-6-7-8-9-10-11-12-13-14-15-16-17-18(19)20;1-6-3(5)2-4/h9-10H,2-8,11-17H2,1H3,(H,19,20);2,4H2,1H3/b10-9-;. The van der Waals surface area contributed by atoms with Crippen LogP contribution in [0.15, 0.2) is 12.2 Å². The van der Waals surface area contributed by atoms with E-state index >= 15 is 0 Å². The number of hydrogen-bond donors (Lipinski definition) is 2. The van der Waals surface area contributed by atoms with Crippen LogP contribution in [0.2, 0.25) is 0 Å². The number of carbonyl (C=O) groups excluding carboxylic acids is 1. The van der Waals surface area contributed by atoms with E-state index in [2.05, 4.69) is 23.8 Å². The van der Waals surface area contributed by atoms with Gasteiger partial charge in [0.1, 0.15) is 0 Å². The van der Waals surface area contributed by atoms with Gasteiger partial charge in [-0.2, -0.15) is 0 Å². The molecule has 0 fully saturated rings. The van der Waals surface area contributed by atoms with Gasteiger partial charge in [0.15, 0.2) is 0 Å². The van der Waals surface area contributed by atoms with Crippen LogP contribution in [-0.2, 0) is 14.3 Å². The smallest absolute Gasteiger partial charge is 0.319 e. The maximum atomic E-state index is 10.3. The third kappa shape index (κ3) is 27.5. The Morgan fingerprint density at radius 3 is 1.69 bits per heavy atom. The van der Waals surface area contributed by atoms with Crippen molar-refractivity contribution in [1.82, 2.24) is 0 Å². The summed E-state index contributed by atoms with van der Waals surface area (Å²) in [5, 5.41) is 8.51. The van der Waals surface area contributed by atoms with Crippen molar-refractivity contribution in [2.24, 2.45) is 5.73 Å². The molecule has 0 spiro atoms. The van der Waals surface area contributed by atoms with Crippen LogP contribution in [0.4, 0.5) is 0 Å². The molecule has 0 aromatic rings. The molecule has 0 saturated carbocycles. The third-order valence-corrected chi connectivity index (χ3v) is 4.05. The van der Waals surface area contributed by atoms with Crippen molar-refractivity contribution >= 4 is 11.9 Å². The van der Waals surface area contributed by atoms with Crippen LogP contribution in [0.3, 0.4) is 0 Å². The Morgan fingerprint density at radius 1 is 0.846 bits per heavy atom. The molecule has 0 radical (unpaired) electrons. The number of carbonyl (C=O) groups is 2. The van der Waals surface area contributed by atoms with Crippen LogP contribution < -0.4 is 5.73 Å². The van der Waals surface area contributed by atoms with E-state index < -0.39 is 5.97 Å². The molecule has 0 unspecified atom stereocenters. The summed E-state index contributed by atoms with van der Waals surface area (Å²) < 4.78 is 4.14. The first-order valence-corrected chi connectivity index (χ1v) is 10.2. The number of unbranched alkanes of at least 4 members (excludes halogenated alkanes) is 11. The Kier molecular flexibility index (Phi) is 24.4. The van der Waals surface area contributed by atoms with Crippen molar-refractivity contribution in [3.05, 3.63) is 12.2 Å². The van der Waals surface area contributed by atoms with Gasteiger partial charge in [-0.1, -0.05) is 70.4 Å². The number of carboxylic acid groups (broad SMARTS) is 1. The largest absolute Gasteiger partial charge is 0.481 e. The third-order valence-electron chi connectivity index (χ3n) is 4.05. The van der Waals surface area contributed by atoms with Gasteiger partial charge in [0.05, 0.1) is 13.7 Å². The van der Waals surface area contributed by atoms with Gasteiger partial charge < -0.3 is 15.6 Å².